The molecule has 470 valence electrons. The number of methoxy groups -OCH3 is 2. The van der Waals surface area contributed by atoms with E-state index in [0.717, 1.165) is 74.0 Å². The summed E-state index contributed by atoms with van der Waals surface area (Å²) in [5.74, 6) is -0.522. The number of carbonyl (C=O) groups is 4. The number of hydrogen-bond acceptors (Lipinski definition) is 18. The highest BCUT2D eigenvalue weighted by Gasteiger charge is 2.24. The lowest BCUT2D eigenvalue weighted by Crippen LogP contribution is -2.37. The molecule has 0 N–H and O–H groups in total. The number of hydrogen-bond donors (Lipinski definition) is 0. The lowest BCUT2D eigenvalue weighted by atomic mass is 10.0. The van der Waals surface area contributed by atoms with Crippen LogP contribution in [-0.2, 0) is 78.2 Å². The minimum Gasteiger partial charge on any atom is -0.756 e. The molecule has 2 rings (SSSR count). The molecule has 0 aliphatic carbocycles. The summed E-state index contributed by atoms with van der Waals surface area (Å²) in [7, 11) is 5.22. The molecule has 0 aliphatic heterocycles. The van der Waals surface area contributed by atoms with Crippen molar-refractivity contribution < 1.29 is 93.6 Å². The number of ether oxygens (including phenoxy) is 6. The van der Waals surface area contributed by atoms with Crippen LogP contribution in [0.25, 0.3) is 0 Å². The molecule has 0 aromatic heterocycles. The maximum Gasteiger partial charge on any atom is 0.306 e. The van der Waals surface area contributed by atoms with E-state index in [1.54, 1.807) is 14.2 Å². The first kappa shape index (κ1) is 74.2. The van der Waals surface area contributed by atoms with Crippen molar-refractivity contribution in [1.82, 2.24) is 0 Å². The van der Waals surface area contributed by atoms with Gasteiger partial charge in [0.1, 0.15) is 51.0 Å². The van der Waals surface area contributed by atoms with Crippen LogP contribution in [0.15, 0.2) is 48.5 Å². The lowest BCUT2D eigenvalue weighted by Gasteiger charge is -2.28. The molecular weight excluding hydrogens is 1100 g/mol. The zero-order chi connectivity index (χ0) is 60.5. The molecule has 82 heavy (non-hydrogen) atoms. The highest BCUT2D eigenvalue weighted by molar-refractivity contribution is 7.46. The van der Waals surface area contributed by atoms with Gasteiger partial charge in [-0.2, -0.15) is 0 Å². The fraction of sp³-hybridized carbons (Fsp3) is 0.733. The predicted octanol–water partition coefficient (Wildman–Crippen LogP) is 10.2. The third-order valence-corrected chi connectivity index (χ3v) is 15.3. The fourth-order valence-corrected chi connectivity index (χ4v) is 9.80. The van der Waals surface area contributed by atoms with E-state index in [1.165, 1.54) is 51.4 Å². The first-order valence-corrected chi connectivity index (χ1v) is 32.7. The molecule has 20 nitrogen and oxygen atoms in total. The molecule has 0 bridgehead atoms. The molecular formula is C60H102N2O18P2. The topological polar surface area (TPSA) is 241 Å². The van der Waals surface area contributed by atoms with Gasteiger partial charge in [0.05, 0.1) is 69.7 Å². The minimum absolute atomic E-state index is 0.0747. The van der Waals surface area contributed by atoms with Crippen LogP contribution in [0, 0.1) is 0 Å². The number of rotatable bonds is 51. The lowest BCUT2D eigenvalue weighted by molar-refractivity contribution is -0.870. The molecule has 2 aromatic rings. The minimum atomic E-state index is -4.69. The second kappa shape index (κ2) is 42.8. The first-order valence-electron chi connectivity index (χ1n) is 29.7. The van der Waals surface area contributed by atoms with Crippen LogP contribution in [0.2, 0.25) is 0 Å². The largest absolute Gasteiger partial charge is 0.756 e. The zero-order valence-corrected chi connectivity index (χ0v) is 52.7. The van der Waals surface area contributed by atoms with Crippen molar-refractivity contribution >= 4 is 39.5 Å². The summed E-state index contributed by atoms with van der Waals surface area (Å²) in [6.45, 7) is -1.01. The van der Waals surface area contributed by atoms with E-state index in [9.17, 15) is 38.1 Å². The van der Waals surface area contributed by atoms with Crippen molar-refractivity contribution in [3.8, 4) is 11.5 Å². The standard InChI is InChI=1S/C60H102N2O18P2/c1-61(2,3)43-45-75-81(67,68)77-49-55(79-59(65)33-27-29-51-35-39-53(71-7)40-36-51)47-73-57(63)31-25-23-21-19-17-15-13-11-9-10-12-14-16-18-20-22-24-26-32-58(64)74-48-56(50-78-82(69,70)76-46-44-62(4,5)6)80-60(66)34-28-30-52-37-41-54(72-8)42-38-52/h35-42,55-56H,9-34,43-50H2,1-8H3. The normalized spacial score (nSPS) is 14.0. The number of esters is 4. The summed E-state index contributed by atoms with van der Waals surface area (Å²) in [5.41, 5.74) is 2.06. The van der Waals surface area contributed by atoms with E-state index >= 15 is 0 Å². The summed E-state index contributed by atoms with van der Waals surface area (Å²) in [4.78, 5) is 75.6. The molecule has 0 spiro atoms. The number of unbranched alkanes of at least 4 members (excludes halogenated alkanes) is 17. The van der Waals surface area contributed by atoms with E-state index in [-0.39, 0.29) is 52.1 Å². The van der Waals surface area contributed by atoms with Crippen LogP contribution in [0.5, 0.6) is 11.5 Å². The molecule has 0 saturated carbocycles. The van der Waals surface area contributed by atoms with Gasteiger partial charge in [-0.15, -0.1) is 0 Å². The zero-order valence-electron chi connectivity index (χ0n) is 51.0. The number of benzene rings is 2. The summed E-state index contributed by atoms with van der Waals surface area (Å²) >= 11 is 0. The Labute approximate surface area is 490 Å². The van der Waals surface area contributed by atoms with Gasteiger partial charge >= 0.3 is 23.9 Å². The Hall–Kier alpha value is -3.94. The fourth-order valence-electron chi connectivity index (χ4n) is 8.34. The molecule has 0 aliphatic rings. The van der Waals surface area contributed by atoms with Crippen molar-refractivity contribution in [3.05, 3.63) is 59.7 Å². The SMILES string of the molecule is COc1ccc(CCCC(=O)OC(COC(=O)CCCCCCCCCCCCCCCCCCCCC(=O)OCC(COP(=O)([O-])OCC[N+](C)(C)C)OC(=O)CCCc2ccc(OC)cc2)COP(=O)([O-])OCC[N+](C)(C)C)cc1. The molecule has 0 amide bonds. The molecule has 0 fully saturated rings. The van der Waals surface area contributed by atoms with Crippen molar-refractivity contribution in [2.75, 3.05) is 109 Å². The Morgan fingerprint density at radius 2 is 0.683 bits per heavy atom. The number of likely N-dealkylation sites (N-methyl/N-ethyl adjacent to an activating group) is 2. The Kier molecular flexibility index (Phi) is 38.7. The summed E-state index contributed by atoms with van der Waals surface area (Å²) in [5, 5.41) is 0. The third-order valence-electron chi connectivity index (χ3n) is 13.3. The van der Waals surface area contributed by atoms with Gasteiger partial charge in [-0.3, -0.25) is 28.3 Å². The van der Waals surface area contributed by atoms with Gasteiger partial charge in [-0.25, -0.2) is 0 Å². The smallest absolute Gasteiger partial charge is 0.306 e. The quantitative estimate of drug-likeness (QED) is 0.0197. The Bertz CT molecular complexity index is 1980. The van der Waals surface area contributed by atoms with Crippen LogP contribution in [0.4, 0.5) is 0 Å². The summed E-state index contributed by atoms with van der Waals surface area (Å²) in [6, 6.07) is 15.1. The van der Waals surface area contributed by atoms with Gasteiger partial charge in [0.15, 0.2) is 12.2 Å². The Balaban J connectivity index is 1.53. The number of quaternary nitrogens is 2. The monoisotopic (exact) mass is 1200 g/mol. The second-order valence-electron chi connectivity index (χ2n) is 23.0. The molecule has 4 unspecified atom stereocenters. The van der Waals surface area contributed by atoms with Crippen molar-refractivity contribution in [1.29, 1.82) is 0 Å². The van der Waals surface area contributed by atoms with Crippen molar-refractivity contribution in [2.24, 2.45) is 0 Å². The van der Waals surface area contributed by atoms with Crippen LogP contribution in [0.3, 0.4) is 0 Å². The van der Waals surface area contributed by atoms with Gasteiger partial charge in [-0.1, -0.05) is 127 Å². The molecule has 0 radical (unpaired) electrons. The van der Waals surface area contributed by atoms with Crippen LogP contribution in [-0.4, -0.2) is 154 Å². The van der Waals surface area contributed by atoms with Gasteiger partial charge < -0.3 is 65.3 Å². The highest BCUT2D eigenvalue weighted by Crippen LogP contribution is 2.39. The third kappa shape index (κ3) is 42.0. The molecule has 2 aromatic carbocycles. The van der Waals surface area contributed by atoms with Crippen LogP contribution < -0.4 is 19.3 Å². The number of carbonyl (C=O) groups excluding carboxylic acids is 4. The van der Waals surface area contributed by atoms with Crippen LogP contribution >= 0.6 is 15.6 Å². The molecule has 4 atom stereocenters. The van der Waals surface area contributed by atoms with Gasteiger partial charge in [0.2, 0.25) is 0 Å². The molecule has 0 saturated heterocycles. The van der Waals surface area contributed by atoms with E-state index in [4.69, 9.17) is 46.5 Å². The maximum absolute atomic E-state index is 12.7. The van der Waals surface area contributed by atoms with Gasteiger partial charge in [-0.05, 0) is 73.9 Å². The van der Waals surface area contributed by atoms with E-state index in [0.29, 0.717) is 60.6 Å². The Morgan fingerprint density at radius 1 is 0.402 bits per heavy atom. The summed E-state index contributed by atoms with van der Waals surface area (Å²) in [6.07, 6.45) is 20.1. The van der Waals surface area contributed by atoms with Gasteiger partial charge in [0.25, 0.3) is 15.6 Å². The maximum atomic E-state index is 12.7. The number of nitrogens with zero attached hydrogens (tertiary/aromatic N) is 2. The van der Waals surface area contributed by atoms with Crippen molar-refractivity contribution in [2.45, 2.75) is 179 Å². The van der Waals surface area contributed by atoms with Gasteiger partial charge in [0, 0.05) is 25.7 Å². The van der Waals surface area contributed by atoms with E-state index in [1.807, 2.05) is 90.8 Å². The molecule has 22 heteroatoms. The van der Waals surface area contributed by atoms with Crippen molar-refractivity contribution in [3.63, 3.8) is 0 Å². The van der Waals surface area contributed by atoms with E-state index < -0.39 is 64.9 Å². The number of phosphoric ester groups is 2. The average Bonchev–Trinajstić information content (AvgIpc) is 3.42. The van der Waals surface area contributed by atoms with E-state index in [2.05, 4.69) is 0 Å². The molecule has 0 heterocycles. The van der Waals surface area contributed by atoms with Crippen LogP contribution in [0.1, 0.15) is 165 Å². The highest BCUT2D eigenvalue weighted by atomic mass is 31.2. The average molecular weight is 1200 g/mol. The predicted molar refractivity (Wildman–Crippen MR) is 311 cm³/mol. The summed E-state index contributed by atoms with van der Waals surface area (Å²) < 4.78 is 78.2. The number of phosphoric acid groups is 2. The Morgan fingerprint density at radius 3 is 0.963 bits per heavy atom. The first-order chi connectivity index (χ1) is 39.0. The number of aryl methyl sites for hydroxylation is 2. The second-order valence-corrected chi connectivity index (χ2v) is 25.9.